The third kappa shape index (κ3) is 1.47. The quantitative estimate of drug-likeness (QED) is 0.629. The number of hydrogen-bond acceptors (Lipinski definition) is 4. The van der Waals surface area contributed by atoms with Gasteiger partial charge in [-0.2, -0.15) is 0 Å². The van der Waals surface area contributed by atoms with Gasteiger partial charge >= 0.3 is 12.0 Å². The Morgan fingerprint density at radius 2 is 2.05 bits per heavy atom. The molecule has 6 heteroatoms. The molecule has 1 aliphatic heterocycles. The van der Waals surface area contributed by atoms with Crippen LogP contribution in [0.25, 0.3) is 0 Å². The fraction of sp³-hybridized carbons (Fsp3) is 0.438. The van der Waals surface area contributed by atoms with E-state index in [2.05, 4.69) is 10.6 Å². The van der Waals surface area contributed by atoms with Gasteiger partial charge in [-0.15, -0.1) is 0 Å². The van der Waals surface area contributed by atoms with E-state index in [-0.39, 0.29) is 17.8 Å². The van der Waals surface area contributed by atoms with Crippen molar-refractivity contribution >= 4 is 17.9 Å². The summed E-state index contributed by atoms with van der Waals surface area (Å²) >= 11 is 0. The first-order chi connectivity index (χ1) is 10.5. The van der Waals surface area contributed by atoms with Crippen molar-refractivity contribution in [3.63, 3.8) is 0 Å². The van der Waals surface area contributed by atoms with E-state index in [1.54, 1.807) is 6.92 Å². The molecule has 2 fully saturated rings. The van der Waals surface area contributed by atoms with E-state index in [0.29, 0.717) is 19.4 Å². The fourth-order valence-corrected chi connectivity index (χ4v) is 4.11. The Hall–Kier alpha value is -2.37. The van der Waals surface area contributed by atoms with Crippen LogP contribution in [-0.2, 0) is 25.3 Å². The second-order valence-electron chi connectivity index (χ2n) is 6.20. The van der Waals surface area contributed by atoms with Crippen LogP contribution in [0.3, 0.4) is 0 Å². The van der Waals surface area contributed by atoms with Crippen LogP contribution in [0.5, 0.6) is 0 Å². The van der Waals surface area contributed by atoms with Crippen molar-refractivity contribution in [2.24, 2.45) is 5.92 Å². The van der Waals surface area contributed by atoms with E-state index in [4.69, 9.17) is 4.74 Å². The van der Waals surface area contributed by atoms with Gasteiger partial charge in [-0.1, -0.05) is 24.3 Å². The minimum atomic E-state index is -1.05. The number of ether oxygens (including phenoxy) is 1. The highest BCUT2D eigenvalue weighted by Crippen LogP contribution is 2.66. The SMILES string of the molecule is CCOC(=O)C1CC12CC1(NC(=O)NC1=O)c1ccccc12. The maximum Gasteiger partial charge on any atom is 0.322 e. The van der Waals surface area contributed by atoms with Crippen molar-refractivity contribution in [3.05, 3.63) is 35.4 Å². The molecule has 1 saturated carbocycles. The lowest BCUT2D eigenvalue weighted by Crippen LogP contribution is -2.42. The van der Waals surface area contributed by atoms with Crippen LogP contribution in [0.1, 0.15) is 30.9 Å². The van der Waals surface area contributed by atoms with Crippen LogP contribution in [0.4, 0.5) is 4.79 Å². The number of hydrogen-bond donors (Lipinski definition) is 2. The molecule has 1 aromatic carbocycles. The zero-order valence-corrected chi connectivity index (χ0v) is 12.1. The molecule has 1 heterocycles. The van der Waals surface area contributed by atoms with Crippen molar-refractivity contribution in [3.8, 4) is 0 Å². The lowest BCUT2D eigenvalue weighted by molar-refractivity contribution is -0.145. The molecule has 2 spiro atoms. The molecular formula is C16H16N2O4. The van der Waals surface area contributed by atoms with Crippen LogP contribution in [0, 0.1) is 5.92 Å². The number of amides is 3. The van der Waals surface area contributed by atoms with Gasteiger partial charge in [0.2, 0.25) is 0 Å². The van der Waals surface area contributed by atoms with Crippen LogP contribution in [0.2, 0.25) is 0 Å². The normalized spacial score (nSPS) is 34.5. The molecule has 22 heavy (non-hydrogen) atoms. The summed E-state index contributed by atoms with van der Waals surface area (Å²) in [5.74, 6) is -0.798. The summed E-state index contributed by atoms with van der Waals surface area (Å²) < 4.78 is 5.14. The molecule has 3 amide bonds. The minimum absolute atomic E-state index is 0.223. The number of fused-ring (bicyclic) bond motifs is 3. The standard InChI is InChI=1S/C16H16N2O4/c1-2-22-12(19)11-7-15(11)8-16(13(20)17-14(21)18-16)10-6-4-3-5-9(10)15/h3-6,11H,2,7-8H2,1H3,(H2,17,18,20,21). The van der Waals surface area contributed by atoms with Gasteiger partial charge in [-0.25, -0.2) is 4.79 Å². The van der Waals surface area contributed by atoms with E-state index in [1.165, 1.54) is 0 Å². The maximum atomic E-state index is 12.4. The monoisotopic (exact) mass is 300 g/mol. The fourth-order valence-electron chi connectivity index (χ4n) is 4.11. The molecule has 3 unspecified atom stereocenters. The lowest BCUT2D eigenvalue weighted by Gasteiger charge is -2.21. The first-order valence-corrected chi connectivity index (χ1v) is 7.44. The molecule has 0 aromatic heterocycles. The Kier molecular flexibility index (Phi) is 2.47. The van der Waals surface area contributed by atoms with Gasteiger partial charge in [-0.3, -0.25) is 14.9 Å². The van der Waals surface area contributed by atoms with Crippen LogP contribution in [-0.4, -0.2) is 24.5 Å². The predicted molar refractivity (Wildman–Crippen MR) is 75.8 cm³/mol. The van der Waals surface area contributed by atoms with Gasteiger partial charge < -0.3 is 10.1 Å². The van der Waals surface area contributed by atoms with E-state index in [9.17, 15) is 14.4 Å². The average Bonchev–Trinajstić information content (AvgIpc) is 3.04. The number of urea groups is 1. The highest BCUT2D eigenvalue weighted by molar-refractivity contribution is 6.08. The third-order valence-electron chi connectivity index (χ3n) is 5.09. The number of rotatable bonds is 2. The lowest BCUT2D eigenvalue weighted by atomic mass is 9.90. The number of benzene rings is 1. The summed E-state index contributed by atoms with van der Waals surface area (Å²) in [6.45, 7) is 2.12. The second-order valence-corrected chi connectivity index (χ2v) is 6.20. The number of carbonyl (C=O) groups excluding carboxylic acids is 3. The number of esters is 1. The number of carbonyl (C=O) groups is 3. The smallest absolute Gasteiger partial charge is 0.322 e. The topological polar surface area (TPSA) is 84.5 Å². The number of nitrogens with one attached hydrogen (secondary N) is 2. The molecule has 3 aliphatic rings. The molecule has 2 aliphatic carbocycles. The summed E-state index contributed by atoms with van der Waals surface area (Å²) in [4.78, 5) is 36.1. The summed E-state index contributed by atoms with van der Waals surface area (Å²) in [5, 5.41) is 5.09. The van der Waals surface area contributed by atoms with Gasteiger partial charge in [-0.05, 0) is 30.9 Å². The van der Waals surface area contributed by atoms with Crippen LogP contribution < -0.4 is 10.6 Å². The second kappa shape index (κ2) is 4.09. The summed E-state index contributed by atoms with van der Waals surface area (Å²) in [5.41, 5.74) is 0.336. The summed E-state index contributed by atoms with van der Waals surface area (Å²) in [6.07, 6.45) is 1.08. The minimum Gasteiger partial charge on any atom is -0.466 e. The van der Waals surface area contributed by atoms with Crippen LogP contribution >= 0.6 is 0 Å². The van der Waals surface area contributed by atoms with E-state index < -0.39 is 17.0 Å². The van der Waals surface area contributed by atoms with E-state index in [1.807, 2.05) is 24.3 Å². The first-order valence-electron chi connectivity index (χ1n) is 7.44. The molecular weight excluding hydrogens is 284 g/mol. The Morgan fingerprint density at radius 1 is 1.32 bits per heavy atom. The molecule has 3 atom stereocenters. The molecule has 0 bridgehead atoms. The van der Waals surface area contributed by atoms with E-state index in [0.717, 1.165) is 11.1 Å². The van der Waals surface area contributed by atoms with Crippen molar-refractivity contribution in [1.29, 1.82) is 0 Å². The Labute approximate surface area is 127 Å². The molecule has 1 saturated heterocycles. The van der Waals surface area contributed by atoms with Gasteiger partial charge in [0.1, 0.15) is 5.54 Å². The molecule has 6 nitrogen and oxygen atoms in total. The van der Waals surface area contributed by atoms with E-state index >= 15 is 0 Å². The van der Waals surface area contributed by atoms with Gasteiger partial charge in [0.15, 0.2) is 0 Å². The predicted octanol–water partition coefficient (Wildman–Crippen LogP) is 0.946. The zero-order valence-electron chi connectivity index (χ0n) is 12.1. The maximum absolute atomic E-state index is 12.4. The molecule has 2 N–H and O–H groups in total. The van der Waals surface area contributed by atoms with Gasteiger partial charge in [0.25, 0.3) is 5.91 Å². The zero-order chi connectivity index (χ0) is 15.5. The molecule has 4 rings (SSSR count). The number of imide groups is 1. The molecule has 1 aromatic rings. The largest absolute Gasteiger partial charge is 0.466 e. The van der Waals surface area contributed by atoms with Crippen molar-refractivity contribution in [2.45, 2.75) is 30.7 Å². The molecule has 0 radical (unpaired) electrons. The summed E-state index contributed by atoms with van der Waals surface area (Å²) in [7, 11) is 0. The highest BCUT2D eigenvalue weighted by Gasteiger charge is 2.70. The highest BCUT2D eigenvalue weighted by atomic mass is 16.5. The van der Waals surface area contributed by atoms with Crippen molar-refractivity contribution in [2.75, 3.05) is 6.61 Å². The van der Waals surface area contributed by atoms with Gasteiger partial charge in [0, 0.05) is 5.41 Å². The van der Waals surface area contributed by atoms with Gasteiger partial charge in [0.05, 0.1) is 12.5 Å². The first kappa shape index (κ1) is 13.3. The third-order valence-corrected chi connectivity index (χ3v) is 5.09. The van der Waals surface area contributed by atoms with Crippen molar-refractivity contribution in [1.82, 2.24) is 10.6 Å². The average molecular weight is 300 g/mol. The Bertz CT molecular complexity index is 716. The van der Waals surface area contributed by atoms with Crippen LogP contribution in [0.15, 0.2) is 24.3 Å². The molecule has 114 valence electrons. The Morgan fingerprint density at radius 3 is 2.68 bits per heavy atom. The summed E-state index contributed by atoms with van der Waals surface area (Å²) in [6, 6.07) is 7.07. The Balaban J connectivity index is 1.78. The van der Waals surface area contributed by atoms with Crippen molar-refractivity contribution < 1.29 is 19.1 Å².